The van der Waals surface area contributed by atoms with E-state index in [0.717, 1.165) is 19.3 Å². The Kier molecular flexibility index (Phi) is 4.54. The van der Waals surface area contributed by atoms with E-state index in [9.17, 15) is 4.79 Å². The van der Waals surface area contributed by atoms with Gasteiger partial charge in [-0.3, -0.25) is 10.1 Å². The van der Waals surface area contributed by atoms with E-state index in [-0.39, 0.29) is 12.2 Å². The number of nitrogens with one attached hydrogen (secondary N) is 1. The Morgan fingerprint density at radius 3 is 2.42 bits per heavy atom. The fraction of sp³-hybridized carbons (Fsp3) is 0.938. The Labute approximate surface area is 118 Å². The Morgan fingerprint density at radius 1 is 1.26 bits per heavy atom. The molecule has 110 valence electrons. The van der Waals surface area contributed by atoms with Crippen LogP contribution in [0.25, 0.3) is 0 Å². The van der Waals surface area contributed by atoms with E-state index >= 15 is 0 Å². The van der Waals surface area contributed by atoms with Gasteiger partial charge < -0.3 is 4.90 Å². The van der Waals surface area contributed by atoms with Crippen LogP contribution in [-0.2, 0) is 4.79 Å². The summed E-state index contributed by atoms with van der Waals surface area (Å²) < 4.78 is 0. The Balaban J connectivity index is 2.05. The minimum absolute atomic E-state index is 0.0616. The molecule has 2 rings (SSSR count). The van der Waals surface area contributed by atoms with Crippen LogP contribution in [0.5, 0.6) is 0 Å². The third-order valence-electron chi connectivity index (χ3n) is 4.95. The van der Waals surface area contributed by atoms with Crippen molar-refractivity contribution in [2.24, 2.45) is 5.41 Å². The minimum atomic E-state index is 0.0616. The SMILES string of the molecule is CCCC1NC(CC)C(=O)N1C1CCC(C)(C)CC1. The van der Waals surface area contributed by atoms with Crippen LogP contribution in [0.3, 0.4) is 0 Å². The van der Waals surface area contributed by atoms with Crippen molar-refractivity contribution in [3.05, 3.63) is 0 Å². The summed E-state index contributed by atoms with van der Waals surface area (Å²) in [4.78, 5) is 14.7. The van der Waals surface area contributed by atoms with E-state index in [1.165, 1.54) is 25.7 Å². The van der Waals surface area contributed by atoms with E-state index in [0.29, 0.717) is 17.4 Å². The zero-order valence-electron chi connectivity index (χ0n) is 13.0. The molecule has 2 atom stereocenters. The van der Waals surface area contributed by atoms with Gasteiger partial charge in [-0.1, -0.05) is 34.1 Å². The Hall–Kier alpha value is -0.570. The first-order chi connectivity index (χ1) is 8.98. The number of hydrogen-bond donors (Lipinski definition) is 1. The first-order valence-corrected chi connectivity index (χ1v) is 8.06. The van der Waals surface area contributed by atoms with Gasteiger partial charge >= 0.3 is 0 Å². The van der Waals surface area contributed by atoms with Gasteiger partial charge in [0.25, 0.3) is 0 Å². The first-order valence-electron chi connectivity index (χ1n) is 8.06. The summed E-state index contributed by atoms with van der Waals surface area (Å²) in [6.45, 7) is 9.01. The number of amides is 1. The molecule has 0 spiro atoms. The minimum Gasteiger partial charge on any atom is -0.323 e. The van der Waals surface area contributed by atoms with Crippen LogP contribution in [0.15, 0.2) is 0 Å². The van der Waals surface area contributed by atoms with Crippen molar-refractivity contribution in [1.82, 2.24) is 10.2 Å². The molecule has 0 aromatic heterocycles. The Morgan fingerprint density at radius 2 is 1.89 bits per heavy atom. The van der Waals surface area contributed by atoms with E-state index in [2.05, 4.69) is 37.9 Å². The zero-order valence-corrected chi connectivity index (χ0v) is 13.0. The van der Waals surface area contributed by atoms with E-state index in [1.807, 2.05) is 0 Å². The molecule has 0 bridgehead atoms. The van der Waals surface area contributed by atoms with Crippen molar-refractivity contribution >= 4 is 5.91 Å². The van der Waals surface area contributed by atoms with Gasteiger partial charge in [0.1, 0.15) is 0 Å². The monoisotopic (exact) mass is 266 g/mol. The summed E-state index contributed by atoms with van der Waals surface area (Å²) in [5, 5.41) is 3.54. The van der Waals surface area contributed by atoms with Gasteiger partial charge in [0.15, 0.2) is 0 Å². The maximum Gasteiger partial charge on any atom is 0.241 e. The summed E-state index contributed by atoms with van der Waals surface area (Å²) in [5.74, 6) is 0.352. The number of nitrogens with zero attached hydrogens (tertiary/aromatic N) is 1. The smallest absolute Gasteiger partial charge is 0.241 e. The average Bonchev–Trinajstić information content (AvgIpc) is 2.67. The Bertz CT molecular complexity index is 317. The third-order valence-corrected chi connectivity index (χ3v) is 4.95. The molecule has 1 aliphatic heterocycles. The summed E-state index contributed by atoms with van der Waals surface area (Å²) in [7, 11) is 0. The van der Waals surface area contributed by atoms with Crippen LogP contribution in [0.1, 0.15) is 72.6 Å². The van der Waals surface area contributed by atoms with Crippen LogP contribution in [0.2, 0.25) is 0 Å². The van der Waals surface area contributed by atoms with Crippen LogP contribution in [-0.4, -0.2) is 29.1 Å². The van der Waals surface area contributed by atoms with Gasteiger partial charge in [-0.05, 0) is 43.9 Å². The van der Waals surface area contributed by atoms with Crippen molar-refractivity contribution in [3.8, 4) is 0 Å². The van der Waals surface area contributed by atoms with Crippen molar-refractivity contribution in [2.75, 3.05) is 0 Å². The lowest BCUT2D eigenvalue weighted by Crippen LogP contribution is -2.46. The standard InChI is InChI=1S/C16H30N2O/c1-5-7-14-17-13(6-2)15(19)18(14)12-8-10-16(3,4)11-9-12/h12-14,17H,5-11H2,1-4H3. The molecule has 2 aliphatic rings. The van der Waals surface area contributed by atoms with Crippen molar-refractivity contribution in [2.45, 2.75) is 90.9 Å². The molecule has 3 heteroatoms. The van der Waals surface area contributed by atoms with Crippen molar-refractivity contribution in [3.63, 3.8) is 0 Å². The molecule has 1 saturated heterocycles. The number of carbonyl (C=O) groups is 1. The zero-order chi connectivity index (χ0) is 14.0. The first kappa shape index (κ1) is 14.8. The van der Waals surface area contributed by atoms with E-state index in [4.69, 9.17) is 0 Å². The average molecular weight is 266 g/mol. The molecular formula is C16H30N2O. The molecule has 0 radical (unpaired) electrons. The molecule has 1 aliphatic carbocycles. The van der Waals surface area contributed by atoms with E-state index < -0.39 is 0 Å². The fourth-order valence-corrected chi connectivity index (χ4v) is 3.60. The van der Waals surface area contributed by atoms with Crippen LogP contribution in [0, 0.1) is 5.41 Å². The molecule has 1 saturated carbocycles. The summed E-state index contributed by atoms with van der Waals surface area (Å²) in [6, 6.07) is 0.535. The molecule has 2 unspecified atom stereocenters. The second kappa shape index (κ2) is 5.82. The maximum atomic E-state index is 12.5. The third kappa shape index (κ3) is 3.13. The number of rotatable bonds is 4. The van der Waals surface area contributed by atoms with Gasteiger partial charge in [0, 0.05) is 6.04 Å². The van der Waals surface area contributed by atoms with E-state index in [1.54, 1.807) is 0 Å². The highest BCUT2D eigenvalue weighted by atomic mass is 16.2. The van der Waals surface area contributed by atoms with Gasteiger partial charge in [-0.2, -0.15) is 0 Å². The van der Waals surface area contributed by atoms with Crippen molar-refractivity contribution < 1.29 is 4.79 Å². The highest BCUT2D eigenvalue weighted by molar-refractivity contribution is 5.84. The van der Waals surface area contributed by atoms with Gasteiger partial charge in [-0.15, -0.1) is 0 Å². The predicted molar refractivity (Wildman–Crippen MR) is 78.8 cm³/mol. The number of carbonyl (C=O) groups excluding carboxylic acids is 1. The topological polar surface area (TPSA) is 32.3 Å². The summed E-state index contributed by atoms with van der Waals surface area (Å²) >= 11 is 0. The lowest BCUT2D eigenvalue weighted by molar-refractivity contribution is -0.133. The highest BCUT2D eigenvalue weighted by Crippen LogP contribution is 2.38. The molecule has 3 nitrogen and oxygen atoms in total. The van der Waals surface area contributed by atoms with Gasteiger partial charge in [-0.25, -0.2) is 0 Å². The summed E-state index contributed by atoms with van der Waals surface area (Å²) in [5.41, 5.74) is 0.469. The lowest BCUT2D eigenvalue weighted by atomic mass is 9.75. The summed E-state index contributed by atoms with van der Waals surface area (Å²) in [6.07, 6.45) is 8.27. The van der Waals surface area contributed by atoms with Crippen LogP contribution >= 0.6 is 0 Å². The van der Waals surface area contributed by atoms with Gasteiger partial charge in [0.2, 0.25) is 5.91 Å². The maximum absolute atomic E-state index is 12.5. The molecule has 0 aromatic carbocycles. The second-order valence-electron chi connectivity index (χ2n) is 7.07. The fourth-order valence-electron chi connectivity index (χ4n) is 3.60. The van der Waals surface area contributed by atoms with Crippen LogP contribution in [0.4, 0.5) is 0 Å². The highest BCUT2D eigenvalue weighted by Gasteiger charge is 2.42. The second-order valence-corrected chi connectivity index (χ2v) is 7.07. The van der Waals surface area contributed by atoms with Crippen molar-refractivity contribution in [1.29, 1.82) is 0 Å². The molecular weight excluding hydrogens is 236 g/mol. The molecule has 19 heavy (non-hydrogen) atoms. The lowest BCUT2D eigenvalue weighted by Gasteiger charge is -2.40. The molecule has 1 heterocycles. The molecule has 2 fully saturated rings. The molecule has 1 amide bonds. The normalized spacial score (nSPS) is 32.0. The predicted octanol–water partition coefficient (Wildman–Crippen LogP) is 3.29. The quantitative estimate of drug-likeness (QED) is 0.847. The largest absolute Gasteiger partial charge is 0.323 e. The van der Waals surface area contributed by atoms with Crippen LogP contribution < -0.4 is 5.32 Å². The number of hydrogen-bond acceptors (Lipinski definition) is 2. The molecule has 0 aromatic rings. The molecule has 1 N–H and O–H groups in total. The van der Waals surface area contributed by atoms with Gasteiger partial charge in [0.05, 0.1) is 12.2 Å².